The van der Waals surface area contributed by atoms with Crippen LogP contribution in [0, 0.1) is 0 Å². The SMILES string of the molecule is CC(NC(C)c1ccc(Br)o1)c1cccc(O)c1. The predicted octanol–water partition coefficient (Wildman–Crippen LogP) is 4.16. The van der Waals surface area contributed by atoms with Crippen molar-refractivity contribution < 1.29 is 9.52 Å². The molecule has 2 unspecified atom stereocenters. The number of hydrogen-bond acceptors (Lipinski definition) is 3. The van der Waals surface area contributed by atoms with Crippen LogP contribution < -0.4 is 5.32 Å². The third-order valence-electron chi connectivity index (χ3n) is 2.89. The number of hydrogen-bond donors (Lipinski definition) is 2. The Labute approximate surface area is 115 Å². The molecular formula is C14H16BrNO2. The van der Waals surface area contributed by atoms with Crippen LogP contribution in [-0.2, 0) is 0 Å². The highest BCUT2D eigenvalue weighted by molar-refractivity contribution is 9.10. The highest BCUT2D eigenvalue weighted by Gasteiger charge is 2.14. The number of halogens is 1. The first-order chi connectivity index (χ1) is 8.56. The Morgan fingerprint density at radius 1 is 1.17 bits per heavy atom. The molecule has 2 N–H and O–H groups in total. The summed E-state index contributed by atoms with van der Waals surface area (Å²) in [5, 5.41) is 12.9. The summed E-state index contributed by atoms with van der Waals surface area (Å²) in [6.07, 6.45) is 0. The minimum atomic E-state index is 0.105. The van der Waals surface area contributed by atoms with Gasteiger partial charge in [-0.25, -0.2) is 0 Å². The minimum Gasteiger partial charge on any atom is -0.508 e. The molecule has 2 aromatic rings. The van der Waals surface area contributed by atoms with Crippen LogP contribution in [-0.4, -0.2) is 5.11 Å². The molecular weight excluding hydrogens is 294 g/mol. The molecule has 0 aliphatic carbocycles. The van der Waals surface area contributed by atoms with Gasteiger partial charge in [-0.1, -0.05) is 12.1 Å². The highest BCUT2D eigenvalue weighted by Crippen LogP contribution is 2.24. The van der Waals surface area contributed by atoms with E-state index in [1.165, 1.54) is 0 Å². The maximum Gasteiger partial charge on any atom is 0.169 e. The van der Waals surface area contributed by atoms with Gasteiger partial charge in [0.15, 0.2) is 4.67 Å². The van der Waals surface area contributed by atoms with Crippen molar-refractivity contribution in [3.05, 3.63) is 52.4 Å². The fraction of sp³-hybridized carbons (Fsp3) is 0.286. The van der Waals surface area contributed by atoms with Crippen molar-refractivity contribution in [2.24, 2.45) is 0 Å². The van der Waals surface area contributed by atoms with E-state index in [9.17, 15) is 5.11 Å². The van der Waals surface area contributed by atoms with E-state index in [-0.39, 0.29) is 17.8 Å². The van der Waals surface area contributed by atoms with Crippen molar-refractivity contribution in [2.75, 3.05) is 0 Å². The Morgan fingerprint density at radius 3 is 2.56 bits per heavy atom. The van der Waals surface area contributed by atoms with Gasteiger partial charge in [0.2, 0.25) is 0 Å². The molecule has 0 aliphatic rings. The Morgan fingerprint density at radius 2 is 1.94 bits per heavy atom. The molecule has 0 aliphatic heterocycles. The number of rotatable bonds is 4. The van der Waals surface area contributed by atoms with E-state index >= 15 is 0 Å². The first-order valence-electron chi connectivity index (χ1n) is 5.86. The van der Waals surface area contributed by atoms with Crippen molar-refractivity contribution in [1.82, 2.24) is 5.32 Å². The molecule has 0 amide bonds. The zero-order chi connectivity index (χ0) is 13.1. The summed E-state index contributed by atoms with van der Waals surface area (Å²) in [5.41, 5.74) is 1.05. The maximum atomic E-state index is 9.46. The van der Waals surface area contributed by atoms with Gasteiger partial charge in [-0.2, -0.15) is 0 Å². The lowest BCUT2D eigenvalue weighted by Gasteiger charge is -2.19. The standard InChI is InChI=1S/C14H16BrNO2/c1-9(11-4-3-5-12(17)8-11)16-10(2)13-6-7-14(15)18-13/h3-10,16-17H,1-2H3. The molecule has 1 heterocycles. The Kier molecular flexibility index (Phi) is 4.09. The zero-order valence-electron chi connectivity index (χ0n) is 10.4. The van der Waals surface area contributed by atoms with Crippen molar-refractivity contribution in [3.8, 4) is 5.75 Å². The number of furan rings is 1. The van der Waals surface area contributed by atoms with Gasteiger partial charge in [0.25, 0.3) is 0 Å². The van der Waals surface area contributed by atoms with Gasteiger partial charge < -0.3 is 14.8 Å². The zero-order valence-corrected chi connectivity index (χ0v) is 11.9. The lowest BCUT2D eigenvalue weighted by Crippen LogP contribution is -2.22. The van der Waals surface area contributed by atoms with Gasteiger partial charge >= 0.3 is 0 Å². The van der Waals surface area contributed by atoms with E-state index in [0.717, 1.165) is 16.0 Å². The number of benzene rings is 1. The molecule has 1 aromatic heterocycles. The lowest BCUT2D eigenvalue weighted by atomic mass is 10.1. The van der Waals surface area contributed by atoms with Crippen LogP contribution in [0.3, 0.4) is 0 Å². The quantitative estimate of drug-likeness (QED) is 0.891. The van der Waals surface area contributed by atoms with Crippen LogP contribution in [0.25, 0.3) is 0 Å². The number of phenolic OH excluding ortho intramolecular Hbond substituents is 1. The second kappa shape index (κ2) is 5.59. The molecule has 0 saturated heterocycles. The Bertz CT molecular complexity index is 524. The van der Waals surface area contributed by atoms with Crippen LogP contribution in [0.15, 0.2) is 45.5 Å². The summed E-state index contributed by atoms with van der Waals surface area (Å²) in [5.74, 6) is 1.17. The van der Waals surface area contributed by atoms with Crippen LogP contribution in [0.1, 0.15) is 37.3 Å². The fourth-order valence-electron chi connectivity index (χ4n) is 1.91. The summed E-state index contributed by atoms with van der Waals surface area (Å²) in [6.45, 7) is 4.10. The van der Waals surface area contributed by atoms with E-state index in [4.69, 9.17) is 4.42 Å². The normalized spacial score (nSPS) is 14.4. The number of aromatic hydroxyl groups is 1. The van der Waals surface area contributed by atoms with Gasteiger partial charge in [-0.3, -0.25) is 0 Å². The maximum absolute atomic E-state index is 9.46. The number of nitrogens with one attached hydrogen (secondary N) is 1. The fourth-order valence-corrected chi connectivity index (χ4v) is 2.23. The van der Waals surface area contributed by atoms with Gasteiger partial charge in [0, 0.05) is 6.04 Å². The monoisotopic (exact) mass is 309 g/mol. The number of phenols is 1. The van der Waals surface area contributed by atoms with E-state index < -0.39 is 0 Å². The molecule has 0 fully saturated rings. The van der Waals surface area contributed by atoms with Crippen LogP contribution in [0.2, 0.25) is 0 Å². The topological polar surface area (TPSA) is 45.4 Å². The third-order valence-corrected chi connectivity index (χ3v) is 3.32. The molecule has 0 radical (unpaired) electrons. The summed E-state index contributed by atoms with van der Waals surface area (Å²) >= 11 is 3.29. The van der Waals surface area contributed by atoms with Crippen molar-refractivity contribution in [2.45, 2.75) is 25.9 Å². The molecule has 0 saturated carbocycles. The van der Waals surface area contributed by atoms with Crippen molar-refractivity contribution in [3.63, 3.8) is 0 Å². The minimum absolute atomic E-state index is 0.105. The van der Waals surface area contributed by atoms with Crippen molar-refractivity contribution in [1.29, 1.82) is 0 Å². The summed E-state index contributed by atoms with van der Waals surface area (Å²) in [6, 6.07) is 11.3. The first-order valence-corrected chi connectivity index (χ1v) is 6.66. The smallest absolute Gasteiger partial charge is 0.169 e. The molecule has 2 atom stereocenters. The van der Waals surface area contributed by atoms with E-state index in [0.29, 0.717) is 0 Å². The molecule has 0 spiro atoms. The van der Waals surface area contributed by atoms with E-state index in [2.05, 4.69) is 28.2 Å². The average Bonchev–Trinajstić information content (AvgIpc) is 2.76. The van der Waals surface area contributed by atoms with Crippen molar-refractivity contribution >= 4 is 15.9 Å². The molecule has 2 rings (SSSR count). The average molecular weight is 310 g/mol. The summed E-state index contributed by atoms with van der Waals surface area (Å²) in [4.78, 5) is 0. The molecule has 1 aromatic carbocycles. The van der Waals surface area contributed by atoms with Crippen LogP contribution in [0.5, 0.6) is 5.75 Å². The van der Waals surface area contributed by atoms with E-state index in [1.54, 1.807) is 12.1 Å². The van der Waals surface area contributed by atoms with Crippen LogP contribution in [0.4, 0.5) is 0 Å². The molecule has 3 nitrogen and oxygen atoms in total. The molecule has 0 bridgehead atoms. The van der Waals surface area contributed by atoms with Gasteiger partial charge in [0.05, 0.1) is 6.04 Å². The molecule has 96 valence electrons. The van der Waals surface area contributed by atoms with Crippen LogP contribution >= 0.6 is 15.9 Å². The second-order valence-corrected chi connectivity index (χ2v) is 5.13. The van der Waals surface area contributed by atoms with Gasteiger partial charge in [-0.05, 0) is 59.6 Å². The molecule has 4 heteroatoms. The molecule has 18 heavy (non-hydrogen) atoms. The van der Waals surface area contributed by atoms with Gasteiger partial charge in [-0.15, -0.1) is 0 Å². The Hall–Kier alpha value is -1.26. The first kappa shape index (κ1) is 13.2. The second-order valence-electron chi connectivity index (χ2n) is 4.35. The summed E-state index contributed by atoms with van der Waals surface area (Å²) in [7, 11) is 0. The van der Waals surface area contributed by atoms with Gasteiger partial charge in [0.1, 0.15) is 11.5 Å². The largest absolute Gasteiger partial charge is 0.508 e. The predicted molar refractivity (Wildman–Crippen MR) is 74.5 cm³/mol. The third kappa shape index (κ3) is 3.15. The summed E-state index contributed by atoms with van der Waals surface area (Å²) < 4.78 is 6.24. The lowest BCUT2D eigenvalue weighted by molar-refractivity contribution is 0.393. The Balaban J connectivity index is 2.05. The highest BCUT2D eigenvalue weighted by atomic mass is 79.9. The van der Waals surface area contributed by atoms with E-state index in [1.807, 2.05) is 31.2 Å².